The highest BCUT2D eigenvalue weighted by Crippen LogP contribution is 2.31. The summed E-state index contributed by atoms with van der Waals surface area (Å²) in [6.45, 7) is 7.00. The zero-order valence-corrected chi connectivity index (χ0v) is 19.5. The second-order valence-corrected chi connectivity index (χ2v) is 9.50. The Bertz CT molecular complexity index is 1200. The van der Waals surface area contributed by atoms with Gasteiger partial charge in [-0.15, -0.1) is 0 Å². The topological polar surface area (TPSA) is 81.4 Å². The fraction of sp³-hybridized carbons (Fsp3) is 0.435. The molecule has 0 spiro atoms. The van der Waals surface area contributed by atoms with Gasteiger partial charge in [0.05, 0.1) is 11.9 Å². The van der Waals surface area contributed by atoms with Gasteiger partial charge in [0.2, 0.25) is 0 Å². The van der Waals surface area contributed by atoms with E-state index in [2.05, 4.69) is 33.3 Å². The third-order valence-corrected chi connectivity index (χ3v) is 5.95. The van der Waals surface area contributed by atoms with Gasteiger partial charge < -0.3 is 19.5 Å². The van der Waals surface area contributed by atoms with E-state index in [1.54, 1.807) is 11.9 Å². The molecule has 1 N–H and O–H groups in total. The number of carbonyl (C=O) groups excluding carboxylic acids is 1. The van der Waals surface area contributed by atoms with E-state index in [4.69, 9.17) is 16.3 Å². The molecule has 4 rings (SSSR count). The van der Waals surface area contributed by atoms with Gasteiger partial charge in [-0.25, -0.2) is 9.48 Å². The molecule has 1 fully saturated rings. The van der Waals surface area contributed by atoms with Gasteiger partial charge in [0.1, 0.15) is 10.6 Å². The molecule has 1 amide bonds. The average Bonchev–Trinajstić information content (AvgIpc) is 3.16. The predicted molar refractivity (Wildman–Crippen MR) is 126 cm³/mol. The second kappa shape index (κ2) is 8.50. The first-order valence-corrected chi connectivity index (χ1v) is 11.1. The van der Waals surface area contributed by atoms with E-state index in [9.17, 15) is 9.59 Å². The third kappa shape index (κ3) is 4.60. The summed E-state index contributed by atoms with van der Waals surface area (Å²) in [5.41, 5.74) is 1.60. The van der Waals surface area contributed by atoms with Crippen LogP contribution in [0.4, 0.5) is 16.2 Å². The molecule has 8 nitrogen and oxygen atoms in total. The fourth-order valence-electron chi connectivity index (χ4n) is 3.97. The summed E-state index contributed by atoms with van der Waals surface area (Å²) in [5, 5.41) is 8.39. The van der Waals surface area contributed by atoms with Crippen LogP contribution in [0.2, 0.25) is 5.02 Å². The number of piperidine rings is 1. The van der Waals surface area contributed by atoms with E-state index >= 15 is 0 Å². The number of fused-ring (bicyclic) bond motifs is 1. The van der Waals surface area contributed by atoms with Gasteiger partial charge in [-0.2, -0.15) is 5.10 Å². The van der Waals surface area contributed by atoms with Crippen molar-refractivity contribution in [3.8, 4) is 0 Å². The van der Waals surface area contributed by atoms with Crippen molar-refractivity contribution in [1.29, 1.82) is 0 Å². The summed E-state index contributed by atoms with van der Waals surface area (Å²) in [6, 6.07) is 8.43. The van der Waals surface area contributed by atoms with E-state index in [0.717, 1.165) is 29.4 Å². The number of nitrogens with one attached hydrogen (secondary N) is 1. The minimum atomic E-state index is -0.483. The quantitative estimate of drug-likeness (QED) is 0.616. The molecule has 0 unspecified atom stereocenters. The average molecular weight is 458 g/mol. The van der Waals surface area contributed by atoms with Gasteiger partial charge in [0.25, 0.3) is 5.56 Å². The molecule has 0 saturated carbocycles. The van der Waals surface area contributed by atoms with E-state index < -0.39 is 5.60 Å². The van der Waals surface area contributed by atoms with Gasteiger partial charge >= 0.3 is 6.09 Å². The molecule has 2 aromatic heterocycles. The summed E-state index contributed by atoms with van der Waals surface area (Å²) >= 11 is 6.16. The van der Waals surface area contributed by atoms with Crippen LogP contribution in [0.5, 0.6) is 0 Å². The fourth-order valence-corrected chi connectivity index (χ4v) is 4.19. The number of benzene rings is 1. The van der Waals surface area contributed by atoms with E-state index in [1.165, 1.54) is 10.9 Å². The Morgan fingerprint density at radius 3 is 2.62 bits per heavy atom. The van der Waals surface area contributed by atoms with Crippen molar-refractivity contribution < 1.29 is 9.53 Å². The molecule has 0 atom stereocenters. The number of likely N-dealkylation sites (tertiary alicyclic amines) is 1. The van der Waals surface area contributed by atoms with Crippen molar-refractivity contribution in [2.24, 2.45) is 7.05 Å². The number of hydrogen-bond donors (Lipinski definition) is 1. The Hall–Kier alpha value is -3.00. The molecule has 9 heteroatoms. The smallest absolute Gasteiger partial charge is 0.410 e. The van der Waals surface area contributed by atoms with Crippen LogP contribution in [0.3, 0.4) is 0 Å². The first-order valence-electron chi connectivity index (χ1n) is 10.7. The van der Waals surface area contributed by atoms with E-state index in [-0.39, 0.29) is 16.7 Å². The van der Waals surface area contributed by atoms with E-state index in [1.807, 2.05) is 32.9 Å². The zero-order valence-electron chi connectivity index (χ0n) is 18.8. The molecule has 170 valence electrons. The van der Waals surface area contributed by atoms with Crippen molar-refractivity contribution in [3.63, 3.8) is 0 Å². The lowest BCUT2D eigenvalue weighted by atomic mass is 10.0. The van der Waals surface area contributed by atoms with Crippen LogP contribution in [-0.4, -0.2) is 44.0 Å². The van der Waals surface area contributed by atoms with Crippen molar-refractivity contribution in [3.05, 3.63) is 52.0 Å². The van der Waals surface area contributed by atoms with Crippen LogP contribution in [0, 0.1) is 0 Å². The lowest BCUT2D eigenvalue weighted by Gasteiger charge is -2.34. The Morgan fingerprint density at radius 1 is 1.22 bits per heavy atom. The Kier molecular flexibility index (Phi) is 5.90. The van der Waals surface area contributed by atoms with Crippen LogP contribution in [0.15, 0.2) is 41.5 Å². The number of nitrogens with zero attached hydrogens (tertiary/aromatic N) is 4. The molecule has 3 aromatic rings. The maximum atomic E-state index is 12.3. The van der Waals surface area contributed by atoms with Gasteiger partial charge in [-0.1, -0.05) is 11.6 Å². The molecule has 32 heavy (non-hydrogen) atoms. The highest BCUT2D eigenvalue weighted by Gasteiger charge is 2.27. The number of aromatic nitrogens is 3. The summed E-state index contributed by atoms with van der Waals surface area (Å²) in [5.74, 6) is 0. The van der Waals surface area contributed by atoms with Crippen LogP contribution in [0.1, 0.15) is 39.7 Å². The van der Waals surface area contributed by atoms with Crippen molar-refractivity contribution in [1.82, 2.24) is 19.2 Å². The molecule has 0 aliphatic carbocycles. The molecular weight excluding hydrogens is 430 g/mol. The van der Waals surface area contributed by atoms with Crippen molar-refractivity contribution >= 4 is 40.0 Å². The monoisotopic (exact) mass is 457 g/mol. The number of anilines is 2. The Labute approximate surface area is 191 Å². The lowest BCUT2D eigenvalue weighted by molar-refractivity contribution is 0.0190. The predicted octanol–water partition coefficient (Wildman–Crippen LogP) is 4.70. The minimum Gasteiger partial charge on any atom is -0.444 e. The van der Waals surface area contributed by atoms with Gasteiger partial charge in [0, 0.05) is 49.0 Å². The third-order valence-electron chi connectivity index (χ3n) is 5.59. The number of halogens is 1. The molecule has 0 bridgehead atoms. The molecule has 0 radical (unpaired) electrons. The van der Waals surface area contributed by atoms with Gasteiger partial charge in [0.15, 0.2) is 0 Å². The van der Waals surface area contributed by atoms with Crippen molar-refractivity contribution in [2.45, 2.75) is 45.3 Å². The molecular formula is C23H28ClN5O3. The second-order valence-electron chi connectivity index (χ2n) is 9.12. The normalized spacial score (nSPS) is 15.2. The summed E-state index contributed by atoms with van der Waals surface area (Å²) in [4.78, 5) is 26.1. The molecule has 3 heterocycles. The SMILES string of the molecule is Cn1ncc(Nc2ccc3c(ccn3C3CCN(C(=O)OC(C)(C)C)CC3)c2)c(Cl)c1=O. The van der Waals surface area contributed by atoms with Crippen molar-refractivity contribution in [2.75, 3.05) is 18.4 Å². The minimum absolute atomic E-state index is 0.108. The molecule has 1 aliphatic rings. The van der Waals surface area contributed by atoms with Crippen LogP contribution in [-0.2, 0) is 11.8 Å². The molecule has 1 saturated heterocycles. The standard InChI is InChI=1S/C23H28ClN5O3/c1-23(2,3)32-22(31)28-10-8-17(9-11-28)29-12-7-15-13-16(5-6-19(15)29)26-18-14-25-27(4)21(30)20(18)24/h5-7,12-14,17,26H,8-11H2,1-4H3. The maximum absolute atomic E-state index is 12.3. The largest absolute Gasteiger partial charge is 0.444 e. The number of rotatable bonds is 3. The van der Waals surface area contributed by atoms with Crippen LogP contribution in [0.25, 0.3) is 10.9 Å². The highest BCUT2D eigenvalue weighted by atomic mass is 35.5. The number of hydrogen-bond acceptors (Lipinski definition) is 5. The first-order chi connectivity index (χ1) is 15.1. The lowest BCUT2D eigenvalue weighted by Crippen LogP contribution is -2.42. The number of carbonyl (C=O) groups is 1. The molecule has 1 aromatic carbocycles. The first kappa shape index (κ1) is 22.2. The Balaban J connectivity index is 1.47. The van der Waals surface area contributed by atoms with Crippen LogP contribution < -0.4 is 10.9 Å². The van der Waals surface area contributed by atoms with Gasteiger partial charge in [-0.05, 0) is 57.9 Å². The zero-order chi connectivity index (χ0) is 23.0. The number of aryl methyl sites for hydroxylation is 1. The molecule has 1 aliphatic heterocycles. The van der Waals surface area contributed by atoms with E-state index in [0.29, 0.717) is 24.8 Å². The maximum Gasteiger partial charge on any atom is 0.410 e. The van der Waals surface area contributed by atoms with Gasteiger partial charge in [-0.3, -0.25) is 4.79 Å². The number of ether oxygens (including phenoxy) is 1. The number of amides is 1. The van der Waals surface area contributed by atoms with Crippen LogP contribution >= 0.6 is 11.6 Å². The summed E-state index contributed by atoms with van der Waals surface area (Å²) < 4.78 is 8.97. The summed E-state index contributed by atoms with van der Waals surface area (Å²) in [6.07, 6.45) is 5.13. The summed E-state index contributed by atoms with van der Waals surface area (Å²) in [7, 11) is 1.56. The Morgan fingerprint density at radius 2 is 1.94 bits per heavy atom. The highest BCUT2D eigenvalue weighted by molar-refractivity contribution is 6.33.